The fraction of sp³-hybridized carbons (Fsp3) is 0.192. The van der Waals surface area contributed by atoms with Gasteiger partial charge in [-0.15, -0.1) is 0 Å². The van der Waals surface area contributed by atoms with Crippen molar-refractivity contribution in [2.75, 3.05) is 11.9 Å². The zero-order chi connectivity index (χ0) is 23.9. The fourth-order valence-corrected chi connectivity index (χ4v) is 4.00. The molecule has 0 amide bonds. The van der Waals surface area contributed by atoms with Crippen LogP contribution in [0.3, 0.4) is 0 Å². The maximum atomic E-state index is 15.0. The van der Waals surface area contributed by atoms with E-state index in [4.69, 9.17) is 22.4 Å². The van der Waals surface area contributed by atoms with E-state index >= 15 is 0 Å². The van der Waals surface area contributed by atoms with Crippen LogP contribution >= 0.6 is 11.6 Å². The summed E-state index contributed by atoms with van der Waals surface area (Å²) in [6.45, 7) is 6.50. The molecular weight excluding hydrogens is 437 g/mol. The lowest BCUT2D eigenvalue weighted by Gasteiger charge is -2.23. The Morgan fingerprint density at radius 2 is 1.67 bits per heavy atom. The Hall–Kier alpha value is -3.51. The predicted molar refractivity (Wildman–Crippen MR) is 133 cm³/mol. The van der Waals surface area contributed by atoms with Gasteiger partial charge in [-0.25, -0.2) is 4.39 Å². The first-order valence-electron chi connectivity index (χ1n) is 10.5. The van der Waals surface area contributed by atoms with Gasteiger partial charge in [0.2, 0.25) is 5.62 Å². The number of nitrogens with one attached hydrogen (secondary N) is 2. The minimum Gasteiger partial charge on any atom is -0.326 e. The third-order valence-electron chi connectivity index (χ3n) is 5.74. The van der Waals surface area contributed by atoms with E-state index in [0.29, 0.717) is 27.4 Å². The van der Waals surface area contributed by atoms with Gasteiger partial charge < -0.3 is 4.90 Å². The molecule has 33 heavy (non-hydrogen) atoms. The van der Waals surface area contributed by atoms with Crippen LogP contribution in [-0.4, -0.2) is 22.9 Å². The van der Waals surface area contributed by atoms with Crippen LogP contribution in [0, 0.1) is 16.6 Å². The van der Waals surface area contributed by atoms with Gasteiger partial charge in [0.05, 0.1) is 17.5 Å². The first-order chi connectivity index (χ1) is 15.6. The van der Waals surface area contributed by atoms with E-state index in [9.17, 15) is 4.39 Å². The second-order valence-electron chi connectivity index (χ2n) is 8.97. The van der Waals surface area contributed by atoms with Crippen molar-refractivity contribution in [1.82, 2.24) is 9.55 Å². The summed E-state index contributed by atoms with van der Waals surface area (Å²) in [6.07, 6.45) is 1.01. The minimum atomic E-state index is -0.396. The summed E-state index contributed by atoms with van der Waals surface area (Å²) in [6, 6.07) is 18.4. The molecule has 1 heterocycles. The molecule has 0 bridgehead atoms. The molecule has 1 aromatic heterocycles. The smallest absolute Gasteiger partial charge is 0.229 e. The zero-order valence-electron chi connectivity index (χ0n) is 18.9. The lowest BCUT2D eigenvalue weighted by molar-refractivity contribution is 0.590. The van der Waals surface area contributed by atoms with Gasteiger partial charge in [0.1, 0.15) is 11.6 Å². The van der Waals surface area contributed by atoms with Gasteiger partial charge in [-0.2, -0.15) is 4.98 Å². The Morgan fingerprint density at radius 1 is 1.00 bits per heavy atom. The lowest BCUT2D eigenvalue weighted by atomic mass is 9.86. The van der Waals surface area contributed by atoms with Gasteiger partial charge in [-0.1, -0.05) is 62.7 Å². The molecule has 0 aliphatic carbocycles. The Balaban J connectivity index is 1.83. The Bertz CT molecular complexity index is 1420. The van der Waals surface area contributed by atoms with E-state index in [1.165, 1.54) is 16.2 Å². The number of rotatable bonds is 4. The predicted octanol–water partition coefficient (Wildman–Crippen LogP) is 6.50. The van der Waals surface area contributed by atoms with Crippen molar-refractivity contribution in [2.45, 2.75) is 26.2 Å². The van der Waals surface area contributed by atoms with Crippen molar-refractivity contribution < 1.29 is 4.39 Å². The molecule has 4 rings (SSSR count). The molecule has 168 valence electrons. The number of anilines is 2. The third kappa shape index (κ3) is 4.26. The molecule has 0 aliphatic heterocycles. The maximum absolute atomic E-state index is 15.0. The number of nitrogens with zero attached hydrogens (tertiary/aromatic N) is 3. The zero-order valence-corrected chi connectivity index (χ0v) is 19.7. The summed E-state index contributed by atoms with van der Waals surface area (Å²) in [7, 11) is 1.72. The maximum Gasteiger partial charge on any atom is 0.229 e. The number of hydrogen-bond acceptors (Lipinski definition) is 4. The first kappa shape index (κ1) is 22.7. The molecule has 0 spiro atoms. The normalized spacial score (nSPS) is 11.6. The van der Waals surface area contributed by atoms with Crippen molar-refractivity contribution >= 4 is 40.3 Å². The number of hydrogen-bond donors (Lipinski definition) is 2. The van der Waals surface area contributed by atoms with Gasteiger partial charge in [0, 0.05) is 17.5 Å². The van der Waals surface area contributed by atoms with E-state index in [0.717, 1.165) is 17.5 Å². The topological polar surface area (TPSA) is 68.8 Å². The van der Waals surface area contributed by atoms with Crippen molar-refractivity contribution in [3.8, 4) is 11.1 Å². The molecule has 0 aliphatic rings. The second kappa shape index (κ2) is 8.45. The standard InChI is InChI=1S/C26H25ClFN5/c1-26(2,3)18-8-5-16(6-9-18)17-7-12-21(28)23(13-17)32(4)24-20-11-10-19(27)14-22(20)33(15-29)25(30)31-24/h5-15,29-30H,1-4H3. The van der Waals surface area contributed by atoms with Crippen LogP contribution in [0.2, 0.25) is 5.02 Å². The quantitative estimate of drug-likeness (QED) is 0.269. The summed E-state index contributed by atoms with van der Waals surface area (Å²) >= 11 is 6.16. The first-order valence-corrected chi connectivity index (χ1v) is 10.9. The van der Waals surface area contributed by atoms with Crippen molar-refractivity contribution in [3.05, 3.63) is 82.7 Å². The average Bonchev–Trinajstić information content (AvgIpc) is 2.78. The van der Waals surface area contributed by atoms with E-state index < -0.39 is 5.82 Å². The van der Waals surface area contributed by atoms with Crippen LogP contribution in [0.25, 0.3) is 22.0 Å². The van der Waals surface area contributed by atoms with Crippen LogP contribution in [0.15, 0.2) is 60.7 Å². The van der Waals surface area contributed by atoms with E-state index in [-0.39, 0.29) is 11.0 Å². The van der Waals surface area contributed by atoms with Crippen molar-refractivity contribution in [2.24, 2.45) is 0 Å². The van der Waals surface area contributed by atoms with E-state index in [1.807, 2.05) is 12.1 Å². The summed E-state index contributed by atoms with van der Waals surface area (Å²) < 4.78 is 16.3. The van der Waals surface area contributed by atoms with Gasteiger partial charge in [0.25, 0.3) is 0 Å². The molecule has 0 radical (unpaired) electrons. The molecule has 7 heteroatoms. The van der Waals surface area contributed by atoms with Crippen LogP contribution in [0.4, 0.5) is 15.9 Å². The molecule has 3 aromatic carbocycles. The van der Waals surface area contributed by atoms with Crippen LogP contribution in [0.5, 0.6) is 0 Å². The molecule has 0 fully saturated rings. The molecule has 5 nitrogen and oxygen atoms in total. The van der Waals surface area contributed by atoms with Gasteiger partial charge in [0.15, 0.2) is 0 Å². The van der Waals surface area contributed by atoms with Gasteiger partial charge >= 0.3 is 0 Å². The summed E-state index contributed by atoms with van der Waals surface area (Å²) in [5.41, 5.74) is 3.89. The summed E-state index contributed by atoms with van der Waals surface area (Å²) in [5.74, 6) is 0.00990. The highest BCUT2D eigenvalue weighted by atomic mass is 35.5. The van der Waals surface area contributed by atoms with Crippen LogP contribution < -0.4 is 10.5 Å². The number of benzene rings is 3. The summed E-state index contributed by atoms with van der Waals surface area (Å²) in [4.78, 5) is 5.98. The Labute approximate surface area is 197 Å². The molecule has 0 saturated heterocycles. The fourth-order valence-electron chi connectivity index (χ4n) is 3.83. The number of aromatic nitrogens is 2. The molecule has 0 atom stereocenters. The highest BCUT2D eigenvalue weighted by molar-refractivity contribution is 6.31. The highest BCUT2D eigenvalue weighted by Crippen LogP contribution is 2.34. The van der Waals surface area contributed by atoms with Gasteiger partial charge in [-0.3, -0.25) is 15.4 Å². The molecule has 2 N–H and O–H groups in total. The van der Waals surface area contributed by atoms with Crippen molar-refractivity contribution in [3.63, 3.8) is 0 Å². The minimum absolute atomic E-state index is 0.0525. The largest absolute Gasteiger partial charge is 0.326 e. The third-order valence-corrected chi connectivity index (χ3v) is 5.97. The SMILES string of the molecule is CN(c1cc(-c2ccc(C(C)(C)C)cc2)ccc1F)c1nc(=N)n(C=N)c2cc(Cl)ccc12. The van der Waals surface area contributed by atoms with E-state index in [1.54, 1.807) is 42.3 Å². The Kier molecular flexibility index (Phi) is 5.80. The molecule has 0 saturated carbocycles. The average molecular weight is 462 g/mol. The monoisotopic (exact) mass is 461 g/mol. The second-order valence-corrected chi connectivity index (χ2v) is 9.41. The number of fused-ring (bicyclic) bond motifs is 1. The molecule has 4 aromatic rings. The van der Waals surface area contributed by atoms with Gasteiger partial charge in [-0.05, 0) is 52.4 Å². The molecular formula is C26H25ClFN5. The van der Waals surface area contributed by atoms with E-state index in [2.05, 4.69) is 37.9 Å². The van der Waals surface area contributed by atoms with Crippen molar-refractivity contribution in [1.29, 1.82) is 10.8 Å². The van der Waals surface area contributed by atoms with Crippen LogP contribution in [-0.2, 0) is 5.41 Å². The lowest BCUT2D eigenvalue weighted by Crippen LogP contribution is -2.26. The Morgan fingerprint density at radius 3 is 2.30 bits per heavy atom. The van der Waals surface area contributed by atoms with Crippen LogP contribution in [0.1, 0.15) is 26.3 Å². The molecule has 0 unspecified atom stereocenters. The number of halogens is 2. The highest BCUT2D eigenvalue weighted by Gasteiger charge is 2.18. The summed E-state index contributed by atoms with van der Waals surface area (Å²) in [5, 5.41) is 17.0.